The highest BCUT2D eigenvalue weighted by atomic mass is 15.0. The number of allylic oxidation sites excluding steroid dienone is 10. The van der Waals surface area contributed by atoms with Crippen LogP contribution in [0.4, 0.5) is 0 Å². The SMILES string of the molecule is CCCCC1=C(C)C(c2cccc(CCCC(NCC)=C3C=C4C=CCN=C4C4N=CC=CC34)c2)NC2=C1C1C=CC=CC1c1ccccc12. The molecule has 4 heteroatoms. The fourth-order valence-electron chi connectivity index (χ4n) is 9.09. The number of rotatable bonds is 10. The minimum atomic E-state index is 0.0787. The molecule has 0 fully saturated rings. The summed E-state index contributed by atoms with van der Waals surface area (Å²) in [4.78, 5) is 9.75. The number of benzene rings is 2. The molecule has 8 rings (SSSR count). The van der Waals surface area contributed by atoms with Gasteiger partial charge in [-0.2, -0.15) is 0 Å². The van der Waals surface area contributed by atoms with Crippen LogP contribution in [-0.4, -0.2) is 31.1 Å². The number of nitrogens with one attached hydrogen (secondary N) is 2. The molecule has 0 saturated carbocycles. The molecule has 2 N–H and O–H groups in total. The van der Waals surface area contributed by atoms with Crippen LogP contribution in [0.15, 0.2) is 147 Å². The third kappa shape index (κ3) is 5.93. The van der Waals surface area contributed by atoms with Gasteiger partial charge in [0.1, 0.15) is 6.04 Å². The first kappa shape index (κ1) is 32.5. The van der Waals surface area contributed by atoms with E-state index in [4.69, 9.17) is 9.98 Å². The number of aliphatic imine (C=N–C) groups is 2. The maximum Gasteiger partial charge on any atom is 0.102 e. The Morgan fingerprint density at radius 3 is 2.66 bits per heavy atom. The van der Waals surface area contributed by atoms with E-state index in [-0.39, 0.29) is 18.0 Å². The second-order valence-electron chi connectivity index (χ2n) is 14.5. The fourth-order valence-corrected chi connectivity index (χ4v) is 9.09. The van der Waals surface area contributed by atoms with Crippen molar-refractivity contribution in [1.29, 1.82) is 0 Å². The highest BCUT2D eigenvalue weighted by molar-refractivity contribution is 6.10. The summed E-state index contributed by atoms with van der Waals surface area (Å²) in [5.41, 5.74) is 16.6. The number of hydrogen-bond donors (Lipinski definition) is 2. The molecule has 6 aliphatic rings. The quantitative estimate of drug-likeness (QED) is 0.267. The van der Waals surface area contributed by atoms with Crippen molar-refractivity contribution >= 4 is 17.6 Å². The molecule has 0 saturated heterocycles. The Bertz CT molecular complexity index is 1970. The van der Waals surface area contributed by atoms with E-state index < -0.39 is 0 Å². The van der Waals surface area contributed by atoms with Crippen LogP contribution in [0.1, 0.15) is 87.1 Å². The summed E-state index contributed by atoms with van der Waals surface area (Å²) in [5, 5.41) is 7.90. The van der Waals surface area contributed by atoms with Gasteiger partial charge in [-0.15, -0.1) is 0 Å². The second-order valence-corrected chi connectivity index (χ2v) is 14.5. The molecule has 0 radical (unpaired) electrons. The lowest BCUT2D eigenvalue weighted by atomic mass is 9.66. The molecule has 4 nitrogen and oxygen atoms in total. The Kier molecular flexibility index (Phi) is 9.27. The average molecular weight is 659 g/mol. The van der Waals surface area contributed by atoms with Gasteiger partial charge in [0.25, 0.3) is 0 Å². The zero-order chi connectivity index (χ0) is 34.0. The number of unbranched alkanes of at least 4 members (excludes halogenated alkanes) is 1. The average Bonchev–Trinajstić information content (AvgIpc) is 3.17. The predicted molar refractivity (Wildman–Crippen MR) is 210 cm³/mol. The van der Waals surface area contributed by atoms with Gasteiger partial charge in [-0.1, -0.05) is 104 Å². The number of dihydropyridines is 3. The molecule has 254 valence electrons. The Morgan fingerprint density at radius 1 is 0.920 bits per heavy atom. The van der Waals surface area contributed by atoms with E-state index in [1.165, 1.54) is 68.8 Å². The summed E-state index contributed by atoms with van der Waals surface area (Å²) >= 11 is 0. The van der Waals surface area contributed by atoms with E-state index in [9.17, 15) is 0 Å². The highest BCUT2D eigenvalue weighted by Gasteiger charge is 2.39. The summed E-state index contributed by atoms with van der Waals surface area (Å²) in [6.45, 7) is 8.57. The first-order valence-corrected chi connectivity index (χ1v) is 19.0. The first-order valence-electron chi connectivity index (χ1n) is 19.0. The van der Waals surface area contributed by atoms with Crippen molar-refractivity contribution in [2.24, 2.45) is 21.8 Å². The summed E-state index contributed by atoms with van der Waals surface area (Å²) < 4.78 is 0. The lowest BCUT2D eigenvalue weighted by Crippen LogP contribution is -2.36. The zero-order valence-corrected chi connectivity index (χ0v) is 29.8. The minimum absolute atomic E-state index is 0.0787. The molecule has 3 heterocycles. The van der Waals surface area contributed by atoms with Crippen LogP contribution in [0.2, 0.25) is 0 Å². The summed E-state index contributed by atoms with van der Waals surface area (Å²) in [6.07, 6.45) is 29.1. The van der Waals surface area contributed by atoms with E-state index in [2.05, 4.69) is 135 Å². The van der Waals surface area contributed by atoms with Crippen molar-refractivity contribution in [3.8, 4) is 0 Å². The van der Waals surface area contributed by atoms with Crippen LogP contribution in [0.3, 0.4) is 0 Å². The summed E-state index contributed by atoms with van der Waals surface area (Å²) in [5.74, 6) is 1.01. The van der Waals surface area contributed by atoms with E-state index in [1.54, 1.807) is 5.57 Å². The lowest BCUT2D eigenvalue weighted by molar-refractivity contribution is 0.595. The van der Waals surface area contributed by atoms with Gasteiger partial charge in [-0.3, -0.25) is 9.98 Å². The van der Waals surface area contributed by atoms with Crippen molar-refractivity contribution in [3.63, 3.8) is 0 Å². The molecule has 0 amide bonds. The van der Waals surface area contributed by atoms with Gasteiger partial charge in [0, 0.05) is 47.5 Å². The van der Waals surface area contributed by atoms with Crippen LogP contribution < -0.4 is 10.6 Å². The van der Waals surface area contributed by atoms with Gasteiger partial charge in [0.2, 0.25) is 0 Å². The molecule has 2 aromatic carbocycles. The predicted octanol–water partition coefficient (Wildman–Crippen LogP) is 9.85. The van der Waals surface area contributed by atoms with Crippen molar-refractivity contribution in [2.75, 3.05) is 13.1 Å². The Hall–Kier alpha value is -4.70. The molecule has 5 atom stereocenters. The van der Waals surface area contributed by atoms with Crippen LogP contribution in [-0.2, 0) is 6.42 Å². The van der Waals surface area contributed by atoms with Crippen LogP contribution in [0, 0.1) is 11.8 Å². The van der Waals surface area contributed by atoms with Crippen LogP contribution >= 0.6 is 0 Å². The summed E-state index contributed by atoms with van der Waals surface area (Å²) in [7, 11) is 0. The van der Waals surface area contributed by atoms with E-state index >= 15 is 0 Å². The monoisotopic (exact) mass is 658 g/mol. The first-order chi connectivity index (χ1) is 24.7. The van der Waals surface area contributed by atoms with E-state index in [0.29, 0.717) is 11.8 Å². The molecule has 0 spiro atoms. The number of hydrogen-bond acceptors (Lipinski definition) is 4. The Labute approximate surface area is 298 Å². The zero-order valence-electron chi connectivity index (χ0n) is 29.8. The van der Waals surface area contributed by atoms with Crippen LogP contribution in [0.5, 0.6) is 0 Å². The molecule has 5 unspecified atom stereocenters. The molecular formula is C46H50N4. The van der Waals surface area contributed by atoms with Crippen molar-refractivity contribution < 1.29 is 0 Å². The van der Waals surface area contributed by atoms with Gasteiger partial charge < -0.3 is 10.6 Å². The van der Waals surface area contributed by atoms with Crippen molar-refractivity contribution in [3.05, 3.63) is 159 Å². The molecule has 0 bridgehead atoms. The molecule has 0 aromatic heterocycles. The number of aryl methyl sites for hydroxylation is 1. The fraction of sp³-hybridized carbons (Fsp3) is 0.348. The van der Waals surface area contributed by atoms with Gasteiger partial charge in [0.05, 0.1) is 18.3 Å². The minimum Gasteiger partial charge on any atom is -0.388 e. The largest absolute Gasteiger partial charge is 0.388 e. The van der Waals surface area contributed by atoms with E-state index in [1.807, 2.05) is 6.21 Å². The number of nitrogens with zero attached hydrogens (tertiary/aromatic N) is 2. The third-order valence-electron chi connectivity index (χ3n) is 11.4. The topological polar surface area (TPSA) is 48.8 Å². The Balaban J connectivity index is 1.07. The normalized spacial score (nSPS) is 26.7. The Morgan fingerprint density at radius 2 is 1.78 bits per heavy atom. The third-order valence-corrected chi connectivity index (χ3v) is 11.4. The molecule has 3 aliphatic heterocycles. The maximum absolute atomic E-state index is 4.90. The summed E-state index contributed by atoms with van der Waals surface area (Å²) in [6, 6.07) is 18.7. The highest BCUT2D eigenvalue weighted by Crippen LogP contribution is 2.52. The smallest absolute Gasteiger partial charge is 0.102 e. The number of fused-ring (bicyclic) bond motifs is 8. The van der Waals surface area contributed by atoms with Gasteiger partial charge in [-0.05, 0) is 103 Å². The van der Waals surface area contributed by atoms with Gasteiger partial charge in [0.15, 0.2) is 0 Å². The maximum atomic E-state index is 4.90. The van der Waals surface area contributed by atoms with Crippen molar-refractivity contribution in [1.82, 2.24) is 10.6 Å². The van der Waals surface area contributed by atoms with E-state index in [0.717, 1.165) is 44.5 Å². The van der Waals surface area contributed by atoms with Crippen LogP contribution in [0.25, 0.3) is 5.70 Å². The van der Waals surface area contributed by atoms with Gasteiger partial charge >= 0.3 is 0 Å². The standard InChI is InChI=1S/C46H50N4/c1-4-6-19-34-30(3)43(50-45-38-23-10-8-21-36(38)35-20-7-9-22-37(35)42(34)45)32-17-11-15-31(28-32)16-12-25-41(47-5-2)40-29-33-18-13-26-48-44(33)46-39(40)24-14-27-49-46/h7-11,13-15,17-18,20-24,27-29,35,37,39,43,46-47,50H,4-6,12,16,19,25-26H2,1-3H3. The molecule has 2 aromatic rings. The molecule has 50 heavy (non-hydrogen) atoms. The van der Waals surface area contributed by atoms with Crippen molar-refractivity contribution in [2.45, 2.75) is 77.3 Å². The van der Waals surface area contributed by atoms with Gasteiger partial charge in [-0.25, -0.2) is 0 Å². The molecular weight excluding hydrogens is 609 g/mol. The lowest BCUT2D eigenvalue weighted by Gasteiger charge is -2.42. The molecule has 3 aliphatic carbocycles. The second kappa shape index (κ2) is 14.3.